The summed E-state index contributed by atoms with van der Waals surface area (Å²) in [6, 6.07) is 3.40. The predicted molar refractivity (Wildman–Crippen MR) is 53.4 cm³/mol. The topological polar surface area (TPSA) is 0 Å². The summed E-state index contributed by atoms with van der Waals surface area (Å²) in [6.45, 7) is -0.525. The average molecular weight is 285 g/mol. The summed E-state index contributed by atoms with van der Waals surface area (Å²) in [5, 5.41) is 0. The molecule has 1 rings (SSSR count). The largest absolute Gasteiger partial charge is 0.416 e. The monoisotopic (exact) mass is 284 g/mol. The Balaban J connectivity index is 2.95. The summed E-state index contributed by atoms with van der Waals surface area (Å²) in [7, 11) is 0. The fraction of sp³-hybridized carbons (Fsp3) is 0.400. The summed E-state index contributed by atoms with van der Waals surface area (Å²) in [6.07, 6.45) is -3.80. The van der Waals surface area contributed by atoms with Gasteiger partial charge in [-0.25, -0.2) is 0 Å². The van der Waals surface area contributed by atoms with Crippen LogP contribution in [0, 0.1) is 0 Å². The number of halogens is 5. The first-order valence-electron chi connectivity index (χ1n) is 4.36. The SMILES string of the molecule is FCCCc1cc(C(F)(F)F)ccc1Br. The summed E-state index contributed by atoms with van der Waals surface area (Å²) in [5.41, 5.74) is -0.206. The minimum Gasteiger partial charge on any atom is -0.251 e. The number of hydrogen-bond donors (Lipinski definition) is 0. The number of aryl methyl sites for hydroxylation is 1. The molecule has 0 unspecified atom stereocenters. The van der Waals surface area contributed by atoms with Crippen molar-refractivity contribution in [2.75, 3.05) is 6.67 Å². The van der Waals surface area contributed by atoms with Crippen LogP contribution in [0.2, 0.25) is 0 Å². The molecule has 0 amide bonds. The highest BCUT2D eigenvalue weighted by atomic mass is 79.9. The molecule has 0 nitrogen and oxygen atoms in total. The Labute approximate surface area is 93.4 Å². The van der Waals surface area contributed by atoms with E-state index in [2.05, 4.69) is 15.9 Å². The molecule has 5 heteroatoms. The second-order valence-electron chi connectivity index (χ2n) is 3.10. The molecule has 0 bridgehead atoms. The van der Waals surface area contributed by atoms with Gasteiger partial charge in [0.2, 0.25) is 0 Å². The van der Waals surface area contributed by atoms with Crippen molar-refractivity contribution in [1.29, 1.82) is 0 Å². The van der Waals surface area contributed by atoms with Crippen molar-refractivity contribution in [1.82, 2.24) is 0 Å². The maximum Gasteiger partial charge on any atom is 0.416 e. The molecule has 0 radical (unpaired) electrons. The third-order valence-corrected chi connectivity index (χ3v) is 2.73. The zero-order valence-electron chi connectivity index (χ0n) is 7.74. The van der Waals surface area contributed by atoms with E-state index < -0.39 is 18.4 Å². The van der Waals surface area contributed by atoms with E-state index in [0.29, 0.717) is 16.5 Å². The minimum absolute atomic E-state index is 0.236. The summed E-state index contributed by atoms with van der Waals surface area (Å²) in [5.74, 6) is 0. The summed E-state index contributed by atoms with van der Waals surface area (Å²) in [4.78, 5) is 0. The first kappa shape index (κ1) is 12.5. The van der Waals surface area contributed by atoms with E-state index in [0.717, 1.165) is 12.1 Å². The van der Waals surface area contributed by atoms with Gasteiger partial charge in [-0.15, -0.1) is 0 Å². The van der Waals surface area contributed by atoms with E-state index in [1.165, 1.54) is 6.07 Å². The van der Waals surface area contributed by atoms with Gasteiger partial charge in [0.1, 0.15) is 0 Å². The zero-order valence-corrected chi connectivity index (χ0v) is 9.33. The van der Waals surface area contributed by atoms with Gasteiger partial charge in [-0.05, 0) is 36.6 Å². The Bertz CT molecular complexity index is 333. The van der Waals surface area contributed by atoms with Crippen molar-refractivity contribution >= 4 is 15.9 Å². The van der Waals surface area contributed by atoms with Gasteiger partial charge in [0.05, 0.1) is 12.2 Å². The molecule has 0 spiro atoms. The smallest absolute Gasteiger partial charge is 0.251 e. The maximum atomic E-state index is 12.3. The van der Waals surface area contributed by atoms with E-state index >= 15 is 0 Å². The molecule has 0 fully saturated rings. The number of benzene rings is 1. The van der Waals surface area contributed by atoms with Crippen LogP contribution in [0.15, 0.2) is 22.7 Å². The Kier molecular flexibility index (Phi) is 4.13. The van der Waals surface area contributed by atoms with Crippen LogP contribution >= 0.6 is 15.9 Å². The third kappa shape index (κ3) is 3.48. The minimum atomic E-state index is -4.34. The van der Waals surface area contributed by atoms with Crippen molar-refractivity contribution in [3.8, 4) is 0 Å². The Morgan fingerprint density at radius 1 is 1.20 bits per heavy atom. The van der Waals surface area contributed by atoms with E-state index in [9.17, 15) is 17.6 Å². The molecule has 0 atom stereocenters. The lowest BCUT2D eigenvalue weighted by atomic mass is 10.1. The lowest BCUT2D eigenvalue weighted by Gasteiger charge is -2.09. The van der Waals surface area contributed by atoms with Gasteiger partial charge >= 0.3 is 6.18 Å². The van der Waals surface area contributed by atoms with Crippen LogP contribution in [-0.4, -0.2) is 6.67 Å². The van der Waals surface area contributed by atoms with Gasteiger partial charge < -0.3 is 0 Å². The fourth-order valence-electron chi connectivity index (χ4n) is 1.20. The molecular weight excluding hydrogens is 276 g/mol. The van der Waals surface area contributed by atoms with Crippen LogP contribution < -0.4 is 0 Å². The Hall–Kier alpha value is -0.580. The van der Waals surface area contributed by atoms with Crippen molar-refractivity contribution in [2.24, 2.45) is 0 Å². The van der Waals surface area contributed by atoms with Gasteiger partial charge in [0, 0.05) is 4.47 Å². The number of hydrogen-bond acceptors (Lipinski definition) is 0. The van der Waals surface area contributed by atoms with E-state index in [-0.39, 0.29) is 6.42 Å². The quantitative estimate of drug-likeness (QED) is 0.723. The van der Waals surface area contributed by atoms with E-state index in [1.54, 1.807) is 0 Å². The molecule has 0 aliphatic carbocycles. The van der Waals surface area contributed by atoms with Gasteiger partial charge in [-0.1, -0.05) is 15.9 Å². The summed E-state index contributed by atoms with van der Waals surface area (Å²) >= 11 is 3.14. The summed E-state index contributed by atoms with van der Waals surface area (Å²) < 4.78 is 49.5. The van der Waals surface area contributed by atoms with Gasteiger partial charge in [-0.2, -0.15) is 13.2 Å². The molecule has 0 aliphatic rings. The normalized spacial score (nSPS) is 11.8. The average Bonchev–Trinajstić information content (AvgIpc) is 2.15. The fourth-order valence-corrected chi connectivity index (χ4v) is 1.64. The molecule has 84 valence electrons. The molecule has 0 aliphatic heterocycles. The highest BCUT2D eigenvalue weighted by molar-refractivity contribution is 9.10. The van der Waals surface area contributed by atoms with Crippen molar-refractivity contribution in [2.45, 2.75) is 19.0 Å². The standard InChI is InChI=1S/C10H9BrF4/c11-9-4-3-8(10(13,14)15)6-7(9)2-1-5-12/h3-4,6H,1-2,5H2. The van der Waals surface area contributed by atoms with E-state index in [1.807, 2.05) is 0 Å². The highest BCUT2D eigenvalue weighted by Crippen LogP contribution is 2.32. The van der Waals surface area contributed by atoms with Crippen molar-refractivity contribution in [3.63, 3.8) is 0 Å². The second-order valence-corrected chi connectivity index (χ2v) is 3.95. The Morgan fingerprint density at radius 2 is 1.87 bits per heavy atom. The van der Waals surface area contributed by atoms with Crippen LogP contribution in [0.25, 0.3) is 0 Å². The van der Waals surface area contributed by atoms with Gasteiger partial charge in [0.25, 0.3) is 0 Å². The lowest BCUT2D eigenvalue weighted by molar-refractivity contribution is -0.137. The van der Waals surface area contributed by atoms with Crippen LogP contribution in [0.3, 0.4) is 0 Å². The maximum absolute atomic E-state index is 12.3. The zero-order chi connectivity index (χ0) is 11.5. The number of alkyl halides is 4. The molecule has 0 saturated carbocycles. The van der Waals surface area contributed by atoms with Crippen LogP contribution in [-0.2, 0) is 12.6 Å². The molecular formula is C10H9BrF4. The molecule has 15 heavy (non-hydrogen) atoms. The first-order chi connectivity index (χ1) is 6.95. The number of rotatable bonds is 3. The predicted octanol–water partition coefficient (Wildman–Crippen LogP) is 4.37. The van der Waals surface area contributed by atoms with E-state index in [4.69, 9.17) is 0 Å². The van der Waals surface area contributed by atoms with Crippen LogP contribution in [0.1, 0.15) is 17.5 Å². The molecule has 1 aromatic carbocycles. The highest BCUT2D eigenvalue weighted by Gasteiger charge is 2.30. The first-order valence-corrected chi connectivity index (χ1v) is 5.16. The molecule has 1 aromatic rings. The molecule has 0 heterocycles. The van der Waals surface area contributed by atoms with Crippen molar-refractivity contribution in [3.05, 3.63) is 33.8 Å². The van der Waals surface area contributed by atoms with Crippen LogP contribution in [0.5, 0.6) is 0 Å². The van der Waals surface area contributed by atoms with Gasteiger partial charge in [0.15, 0.2) is 0 Å². The Morgan fingerprint density at radius 3 is 2.40 bits per heavy atom. The van der Waals surface area contributed by atoms with Crippen molar-refractivity contribution < 1.29 is 17.6 Å². The molecule has 0 aromatic heterocycles. The lowest BCUT2D eigenvalue weighted by Crippen LogP contribution is -2.05. The molecule has 0 saturated heterocycles. The van der Waals surface area contributed by atoms with Gasteiger partial charge in [-0.3, -0.25) is 4.39 Å². The second kappa shape index (κ2) is 4.96. The van der Waals surface area contributed by atoms with Crippen LogP contribution in [0.4, 0.5) is 17.6 Å². The third-order valence-electron chi connectivity index (χ3n) is 1.95. The molecule has 0 N–H and O–H groups in total.